The van der Waals surface area contributed by atoms with E-state index in [9.17, 15) is 4.79 Å². The molecule has 1 rings (SSSR count). The highest BCUT2D eigenvalue weighted by Gasteiger charge is 2.03. The van der Waals surface area contributed by atoms with E-state index in [0.717, 1.165) is 13.1 Å². The molecule has 1 aromatic rings. The number of carboxylic acids is 1. The van der Waals surface area contributed by atoms with Gasteiger partial charge in [-0.15, -0.1) is 0 Å². The SMILES string of the molecule is CCNCCOc1cccc(C(=O)O)c1. The Morgan fingerprint density at radius 3 is 3.00 bits per heavy atom. The molecule has 4 nitrogen and oxygen atoms in total. The number of hydrogen-bond acceptors (Lipinski definition) is 3. The van der Waals surface area contributed by atoms with E-state index in [4.69, 9.17) is 9.84 Å². The lowest BCUT2D eigenvalue weighted by Gasteiger charge is -2.06. The van der Waals surface area contributed by atoms with Gasteiger partial charge < -0.3 is 15.2 Å². The number of ether oxygens (including phenoxy) is 1. The molecule has 0 aliphatic carbocycles. The van der Waals surface area contributed by atoms with Gasteiger partial charge in [0, 0.05) is 6.54 Å². The van der Waals surface area contributed by atoms with Crippen molar-refractivity contribution in [2.75, 3.05) is 19.7 Å². The molecule has 0 radical (unpaired) electrons. The van der Waals surface area contributed by atoms with Gasteiger partial charge in [-0.2, -0.15) is 0 Å². The van der Waals surface area contributed by atoms with Crippen LogP contribution < -0.4 is 10.1 Å². The first kappa shape index (κ1) is 11.5. The molecule has 4 heteroatoms. The Kier molecular flexibility index (Phi) is 4.63. The Morgan fingerprint density at radius 1 is 1.53 bits per heavy atom. The first-order chi connectivity index (χ1) is 7.24. The predicted molar refractivity (Wildman–Crippen MR) is 57.4 cm³/mol. The number of nitrogens with one attached hydrogen (secondary N) is 1. The molecule has 0 heterocycles. The lowest BCUT2D eigenvalue weighted by Crippen LogP contribution is -2.20. The zero-order valence-corrected chi connectivity index (χ0v) is 8.69. The summed E-state index contributed by atoms with van der Waals surface area (Å²) < 4.78 is 5.37. The number of aromatic carboxylic acids is 1. The topological polar surface area (TPSA) is 58.6 Å². The Hall–Kier alpha value is -1.55. The quantitative estimate of drug-likeness (QED) is 0.695. The van der Waals surface area contributed by atoms with E-state index in [1.807, 2.05) is 6.92 Å². The summed E-state index contributed by atoms with van der Waals surface area (Å²) in [7, 11) is 0. The fourth-order valence-electron chi connectivity index (χ4n) is 1.14. The van der Waals surface area contributed by atoms with Crippen molar-refractivity contribution in [3.63, 3.8) is 0 Å². The molecular formula is C11H15NO3. The average molecular weight is 209 g/mol. The smallest absolute Gasteiger partial charge is 0.335 e. The first-order valence-corrected chi connectivity index (χ1v) is 4.91. The molecule has 15 heavy (non-hydrogen) atoms. The van der Waals surface area contributed by atoms with Crippen LogP contribution >= 0.6 is 0 Å². The van der Waals surface area contributed by atoms with Crippen LogP contribution in [0, 0.1) is 0 Å². The molecule has 0 spiro atoms. The van der Waals surface area contributed by atoms with E-state index >= 15 is 0 Å². The highest BCUT2D eigenvalue weighted by Crippen LogP contribution is 2.12. The zero-order chi connectivity index (χ0) is 11.1. The third kappa shape index (κ3) is 3.99. The van der Waals surface area contributed by atoms with Gasteiger partial charge in [-0.1, -0.05) is 13.0 Å². The second-order valence-corrected chi connectivity index (χ2v) is 3.03. The molecule has 0 fully saturated rings. The molecular weight excluding hydrogens is 194 g/mol. The molecule has 0 saturated carbocycles. The van der Waals surface area contributed by atoms with Crippen molar-refractivity contribution in [1.82, 2.24) is 5.32 Å². The van der Waals surface area contributed by atoms with Crippen LogP contribution in [-0.4, -0.2) is 30.8 Å². The molecule has 2 N–H and O–H groups in total. The lowest BCUT2D eigenvalue weighted by molar-refractivity contribution is 0.0696. The Labute approximate surface area is 88.9 Å². The van der Waals surface area contributed by atoms with Gasteiger partial charge in [0.15, 0.2) is 0 Å². The van der Waals surface area contributed by atoms with Gasteiger partial charge in [0.2, 0.25) is 0 Å². The maximum atomic E-state index is 10.7. The van der Waals surface area contributed by atoms with Crippen molar-refractivity contribution in [2.45, 2.75) is 6.92 Å². The fraction of sp³-hybridized carbons (Fsp3) is 0.364. The zero-order valence-electron chi connectivity index (χ0n) is 8.69. The number of carboxylic acid groups (broad SMARTS) is 1. The van der Waals surface area contributed by atoms with E-state index in [0.29, 0.717) is 12.4 Å². The van der Waals surface area contributed by atoms with E-state index < -0.39 is 5.97 Å². The maximum Gasteiger partial charge on any atom is 0.335 e. The minimum absolute atomic E-state index is 0.246. The average Bonchev–Trinajstić information content (AvgIpc) is 2.25. The molecule has 82 valence electrons. The first-order valence-electron chi connectivity index (χ1n) is 4.91. The Bertz CT molecular complexity index is 325. The van der Waals surface area contributed by atoms with Crippen molar-refractivity contribution >= 4 is 5.97 Å². The van der Waals surface area contributed by atoms with Crippen molar-refractivity contribution in [2.24, 2.45) is 0 Å². The van der Waals surface area contributed by atoms with Gasteiger partial charge in [0.25, 0.3) is 0 Å². The number of likely N-dealkylation sites (N-methyl/N-ethyl adjacent to an activating group) is 1. The molecule has 0 aromatic heterocycles. The number of benzene rings is 1. The van der Waals surface area contributed by atoms with Gasteiger partial charge >= 0.3 is 5.97 Å². The van der Waals surface area contributed by atoms with Crippen molar-refractivity contribution < 1.29 is 14.6 Å². The predicted octanol–water partition coefficient (Wildman–Crippen LogP) is 1.37. The van der Waals surface area contributed by atoms with Crippen LogP contribution in [0.5, 0.6) is 5.75 Å². The Morgan fingerprint density at radius 2 is 2.33 bits per heavy atom. The summed E-state index contributed by atoms with van der Waals surface area (Å²) >= 11 is 0. The summed E-state index contributed by atoms with van der Waals surface area (Å²) in [6.07, 6.45) is 0. The largest absolute Gasteiger partial charge is 0.492 e. The Balaban J connectivity index is 2.47. The van der Waals surface area contributed by atoms with Crippen LogP contribution in [0.1, 0.15) is 17.3 Å². The van der Waals surface area contributed by atoms with Gasteiger partial charge in [-0.3, -0.25) is 0 Å². The summed E-state index contributed by atoms with van der Waals surface area (Å²) in [6.45, 7) is 4.22. The van der Waals surface area contributed by atoms with Crippen LogP contribution in [0.4, 0.5) is 0 Å². The third-order valence-corrected chi connectivity index (χ3v) is 1.88. The minimum Gasteiger partial charge on any atom is -0.492 e. The fourth-order valence-corrected chi connectivity index (χ4v) is 1.14. The summed E-state index contributed by atoms with van der Waals surface area (Å²) in [6, 6.07) is 6.48. The van der Waals surface area contributed by atoms with E-state index in [1.54, 1.807) is 18.2 Å². The minimum atomic E-state index is -0.938. The maximum absolute atomic E-state index is 10.7. The highest BCUT2D eigenvalue weighted by molar-refractivity contribution is 5.87. The van der Waals surface area contributed by atoms with Crippen LogP contribution in [0.25, 0.3) is 0 Å². The number of carbonyl (C=O) groups is 1. The summed E-state index contributed by atoms with van der Waals surface area (Å²) in [5.41, 5.74) is 0.246. The molecule has 0 amide bonds. The highest BCUT2D eigenvalue weighted by atomic mass is 16.5. The van der Waals surface area contributed by atoms with Crippen molar-refractivity contribution in [3.05, 3.63) is 29.8 Å². The molecule has 0 aliphatic rings. The van der Waals surface area contributed by atoms with Crippen LogP contribution in [-0.2, 0) is 0 Å². The monoisotopic (exact) mass is 209 g/mol. The molecule has 0 atom stereocenters. The van der Waals surface area contributed by atoms with Crippen molar-refractivity contribution in [3.8, 4) is 5.75 Å². The van der Waals surface area contributed by atoms with E-state index in [2.05, 4.69) is 5.32 Å². The lowest BCUT2D eigenvalue weighted by atomic mass is 10.2. The van der Waals surface area contributed by atoms with Crippen LogP contribution in [0.15, 0.2) is 24.3 Å². The van der Waals surface area contributed by atoms with Gasteiger partial charge in [0.05, 0.1) is 5.56 Å². The van der Waals surface area contributed by atoms with E-state index in [-0.39, 0.29) is 5.56 Å². The summed E-state index contributed by atoms with van der Waals surface area (Å²) in [5.74, 6) is -0.347. The summed E-state index contributed by atoms with van der Waals surface area (Å²) in [5, 5.41) is 11.9. The summed E-state index contributed by atoms with van der Waals surface area (Å²) in [4.78, 5) is 10.7. The molecule has 0 saturated heterocycles. The van der Waals surface area contributed by atoms with Gasteiger partial charge in [-0.25, -0.2) is 4.79 Å². The van der Waals surface area contributed by atoms with Crippen molar-refractivity contribution in [1.29, 1.82) is 0 Å². The van der Waals surface area contributed by atoms with Gasteiger partial charge in [0.1, 0.15) is 12.4 Å². The van der Waals surface area contributed by atoms with Crippen LogP contribution in [0.2, 0.25) is 0 Å². The number of hydrogen-bond donors (Lipinski definition) is 2. The number of rotatable bonds is 6. The molecule has 1 aromatic carbocycles. The standard InChI is InChI=1S/C11H15NO3/c1-2-12-6-7-15-10-5-3-4-9(8-10)11(13)14/h3-5,8,12H,2,6-7H2,1H3,(H,13,14). The van der Waals surface area contributed by atoms with Gasteiger partial charge in [-0.05, 0) is 24.7 Å². The van der Waals surface area contributed by atoms with E-state index in [1.165, 1.54) is 6.07 Å². The molecule has 0 aliphatic heterocycles. The molecule has 0 unspecified atom stereocenters. The second kappa shape index (κ2) is 6.03. The normalized spacial score (nSPS) is 9.93. The third-order valence-electron chi connectivity index (χ3n) is 1.88. The second-order valence-electron chi connectivity index (χ2n) is 3.03. The van der Waals surface area contributed by atoms with Crippen LogP contribution in [0.3, 0.4) is 0 Å². The molecule has 0 bridgehead atoms.